The molecule has 54 valence electrons. The predicted octanol–water partition coefficient (Wildman–Crippen LogP) is -0.0846. The van der Waals surface area contributed by atoms with E-state index in [2.05, 4.69) is 6.92 Å². The molecule has 1 amide bonds. The van der Waals surface area contributed by atoms with Crippen molar-refractivity contribution in [2.24, 2.45) is 0 Å². The summed E-state index contributed by atoms with van der Waals surface area (Å²) in [7, 11) is 0.872. The molecule has 0 bridgehead atoms. The van der Waals surface area contributed by atoms with E-state index >= 15 is 0 Å². The first kappa shape index (κ1) is 8.69. The van der Waals surface area contributed by atoms with Gasteiger partial charge in [0.05, 0.1) is 0 Å². The number of unbranched alkanes of at least 4 members (excludes halogenated alkanes) is 1. The summed E-state index contributed by atoms with van der Waals surface area (Å²) in [5.74, 6) is 0.218. The van der Waals surface area contributed by atoms with Crippen LogP contribution in [0.5, 0.6) is 0 Å². The van der Waals surface area contributed by atoms with Gasteiger partial charge in [-0.1, -0.05) is 13.3 Å². The molecule has 2 nitrogen and oxygen atoms in total. The lowest BCUT2D eigenvalue weighted by Crippen LogP contribution is -2.26. The fourth-order valence-electron chi connectivity index (χ4n) is 0.553. The Labute approximate surface area is 59.7 Å². The lowest BCUT2D eigenvalue weighted by molar-refractivity contribution is -0.124. The third-order valence-electron chi connectivity index (χ3n) is 1.38. The highest BCUT2D eigenvalue weighted by Crippen LogP contribution is 1.89. The van der Waals surface area contributed by atoms with E-state index in [9.17, 15) is 4.79 Å². The Hall–Kier alpha value is -0.313. The summed E-state index contributed by atoms with van der Waals surface area (Å²) in [6.45, 7) is 4.72. The van der Waals surface area contributed by atoms with Gasteiger partial charge >= 0.3 is 0 Å². The molecule has 3 heteroatoms. The Bertz CT molecular complexity index is 95.1. The highest BCUT2D eigenvalue weighted by Gasteiger charge is 1.97. The SMILES string of the molecule is CCCCN([SiH3])C(C)=O. The minimum absolute atomic E-state index is 0.218. The van der Waals surface area contributed by atoms with Crippen LogP contribution in [0, 0.1) is 0 Å². The normalized spacial score (nSPS) is 9.56. The summed E-state index contributed by atoms with van der Waals surface area (Å²) in [4.78, 5) is 10.6. The molecule has 0 N–H and O–H groups in total. The van der Waals surface area contributed by atoms with Gasteiger partial charge in [0.15, 0.2) is 0 Å². The minimum atomic E-state index is 0.218. The molecule has 0 saturated carbocycles. The van der Waals surface area contributed by atoms with Crippen LogP contribution in [0.3, 0.4) is 0 Å². The number of hydrogen-bond acceptors (Lipinski definition) is 1. The summed E-state index contributed by atoms with van der Waals surface area (Å²) in [5.41, 5.74) is 0. The Balaban J connectivity index is 3.27. The van der Waals surface area contributed by atoms with Gasteiger partial charge in [-0.05, 0) is 6.42 Å². The van der Waals surface area contributed by atoms with Crippen molar-refractivity contribution in [1.29, 1.82) is 0 Å². The highest BCUT2D eigenvalue weighted by atomic mass is 28.2. The van der Waals surface area contributed by atoms with Crippen LogP contribution in [0.4, 0.5) is 0 Å². The van der Waals surface area contributed by atoms with Crippen LogP contribution < -0.4 is 0 Å². The molecule has 0 rings (SSSR count). The zero-order chi connectivity index (χ0) is 7.28. The smallest absolute Gasteiger partial charge is 0.210 e. The molecule has 0 saturated heterocycles. The second-order valence-electron chi connectivity index (χ2n) is 2.29. The van der Waals surface area contributed by atoms with E-state index in [4.69, 9.17) is 0 Å². The minimum Gasteiger partial charge on any atom is -0.378 e. The average Bonchev–Trinajstić information content (AvgIpc) is 1.82. The van der Waals surface area contributed by atoms with Gasteiger partial charge in [-0.2, -0.15) is 0 Å². The van der Waals surface area contributed by atoms with E-state index in [0.29, 0.717) is 0 Å². The maximum Gasteiger partial charge on any atom is 0.210 e. The molecule has 0 aromatic rings. The lowest BCUT2D eigenvalue weighted by atomic mass is 10.3. The molecule has 0 aliphatic heterocycles. The van der Waals surface area contributed by atoms with Gasteiger partial charge in [0.25, 0.3) is 0 Å². The van der Waals surface area contributed by atoms with Crippen molar-refractivity contribution in [2.75, 3.05) is 6.54 Å². The molecular formula is C6H15NOSi. The van der Waals surface area contributed by atoms with Crippen LogP contribution in [0.15, 0.2) is 0 Å². The quantitative estimate of drug-likeness (QED) is 0.509. The maximum absolute atomic E-state index is 10.6. The third-order valence-corrected chi connectivity index (χ3v) is 2.46. The molecule has 0 heterocycles. The molecular weight excluding hydrogens is 130 g/mol. The van der Waals surface area contributed by atoms with Gasteiger partial charge in [0.1, 0.15) is 10.4 Å². The van der Waals surface area contributed by atoms with Crippen LogP contribution >= 0.6 is 0 Å². The van der Waals surface area contributed by atoms with E-state index in [0.717, 1.165) is 23.4 Å². The van der Waals surface area contributed by atoms with Gasteiger partial charge in [-0.3, -0.25) is 4.79 Å². The molecule has 0 aliphatic rings. The summed E-state index contributed by atoms with van der Waals surface area (Å²) >= 11 is 0. The summed E-state index contributed by atoms with van der Waals surface area (Å²) in [6, 6.07) is 0. The Morgan fingerprint density at radius 3 is 2.56 bits per heavy atom. The largest absolute Gasteiger partial charge is 0.378 e. The molecule has 0 aromatic carbocycles. The molecule has 0 radical (unpaired) electrons. The van der Waals surface area contributed by atoms with Gasteiger partial charge in [0.2, 0.25) is 5.91 Å². The number of rotatable bonds is 3. The van der Waals surface area contributed by atoms with Crippen molar-refractivity contribution in [3.05, 3.63) is 0 Å². The fraction of sp³-hybridized carbons (Fsp3) is 0.833. The number of nitrogens with zero attached hydrogens (tertiary/aromatic N) is 1. The summed E-state index contributed by atoms with van der Waals surface area (Å²) in [6.07, 6.45) is 2.31. The topological polar surface area (TPSA) is 20.3 Å². The van der Waals surface area contributed by atoms with E-state index in [-0.39, 0.29) is 5.91 Å². The zero-order valence-corrected chi connectivity index (χ0v) is 8.48. The van der Waals surface area contributed by atoms with Crippen molar-refractivity contribution in [1.82, 2.24) is 4.57 Å². The maximum atomic E-state index is 10.6. The van der Waals surface area contributed by atoms with Crippen molar-refractivity contribution < 1.29 is 4.79 Å². The second kappa shape index (κ2) is 4.55. The first-order chi connectivity index (χ1) is 4.18. The van der Waals surface area contributed by atoms with E-state index in [1.807, 2.05) is 4.57 Å². The summed E-state index contributed by atoms with van der Waals surface area (Å²) in [5, 5.41) is 0. The first-order valence-electron chi connectivity index (χ1n) is 3.40. The van der Waals surface area contributed by atoms with Gasteiger partial charge in [-0.15, -0.1) is 0 Å². The predicted molar refractivity (Wildman–Crippen MR) is 42.2 cm³/mol. The van der Waals surface area contributed by atoms with Crippen LogP contribution in [0.25, 0.3) is 0 Å². The van der Waals surface area contributed by atoms with Crippen molar-refractivity contribution >= 4 is 16.3 Å². The monoisotopic (exact) mass is 145 g/mol. The van der Waals surface area contributed by atoms with Crippen molar-refractivity contribution in [3.8, 4) is 0 Å². The van der Waals surface area contributed by atoms with Crippen LogP contribution in [-0.2, 0) is 4.79 Å². The van der Waals surface area contributed by atoms with Crippen LogP contribution in [-0.4, -0.2) is 27.4 Å². The standard InChI is InChI=1S/C6H15NOSi/c1-3-4-5-7(9)6(2)8/h3-5H2,1-2,9H3. The average molecular weight is 145 g/mol. The van der Waals surface area contributed by atoms with E-state index in [1.165, 1.54) is 6.42 Å². The number of carbonyl (C=O) groups is 1. The second-order valence-corrected chi connectivity index (χ2v) is 3.37. The van der Waals surface area contributed by atoms with Crippen molar-refractivity contribution in [3.63, 3.8) is 0 Å². The number of carbonyl (C=O) groups excluding carboxylic acids is 1. The summed E-state index contributed by atoms with van der Waals surface area (Å²) < 4.78 is 1.88. The molecule has 0 spiro atoms. The van der Waals surface area contributed by atoms with Gasteiger partial charge in [-0.25, -0.2) is 0 Å². The third kappa shape index (κ3) is 4.21. The van der Waals surface area contributed by atoms with E-state index < -0.39 is 0 Å². The molecule has 0 aromatic heterocycles. The van der Waals surface area contributed by atoms with Crippen LogP contribution in [0.1, 0.15) is 26.7 Å². The first-order valence-corrected chi connectivity index (χ1v) is 4.29. The molecule has 0 atom stereocenters. The Kier molecular flexibility index (Phi) is 4.40. The highest BCUT2D eigenvalue weighted by molar-refractivity contribution is 6.13. The lowest BCUT2D eigenvalue weighted by Gasteiger charge is -2.13. The molecule has 9 heavy (non-hydrogen) atoms. The van der Waals surface area contributed by atoms with E-state index in [1.54, 1.807) is 6.92 Å². The molecule has 0 unspecified atom stereocenters. The Morgan fingerprint density at radius 2 is 2.22 bits per heavy atom. The zero-order valence-electron chi connectivity index (χ0n) is 6.48. The number of hydrogen-bond donors (Lipinski definition) is 0. The fourth-order valence-corrected chi connectivity index (χ4v) is 0.869. The van der Waals surface area contributed by atoms with Gasteiger partial charge < -0.3 is 4.57 Å². The van der Waals surface area contributed by atoms with Gasteiger partial charge in [0, 0.05) is 13.5 Å². The Morgan fingerprint density at radius 1 is 1.67 bits per heavy atom. The molecule has 0 aliphatic carbocycles. The van der Waals surface area contributed by atoms with Crippen molar-refractivity contribution in [2.45, 2.75) is 26.7 Å². The van der Waals surface area contributed by atoms with Crippen LogP contribution in [0.2, 0.25) is 0 Å². The molecule has 0 fully saturated rings. The number of amides is 1.